The van der Waals surface area contributed by atoms with E-state index in [1.807, 2.05) is 59.8 Å². The van der Waals surface area contributed by atoms with Crippen LogP contribution in [0.1, 0.15) is 34.8 Å². The molecular formula is C19H18N4O. The van der Waals surface area contributed by atoms with Crippen molar-refractivity contribution < 1.29 is 4.79 Å². The van der Waals surface area contributed by atoms with Crippen LogP contribution >= 0.6 is 0 Å². The smallest absolute Gasteiger partial charge is 0.254 e. The van der Waals surface area contributed by atoms with Crippen LogP contribution in [0.4, 0.5) is 0 Å². The van der Waals surface area contributed by atoms with Crippen LogP contribution in [0.5, 0.6) is 0 Å². The summed E-state index contributed by atoms with van der Waals surface area (Å²) in [4.78, 5) is 19.2. The number of aromatic nitrogens is 3. The molecule has 3 aromatic rings. The van der Waals surface area contributed by atoms with Crippen molar-refractivity contribution in [2.45, 2.75) is 18.9 Å². The van der Waals surface area contributed by atoms with Crippen LogP contribution in [0.25, 0.3) is 5.69 Å². The fourth-order valence-electron chi connectivity index (χ4n) is 3.30. The first-order chi connectivity index (χ1) is 11.8. The Hall–Kier alpha value is -2.95. The van der Waals surface area contributed by atoms with Crippen LogP contribution in [-0.4, -0.2) is 32.1 Å². The molecule has 0 unspecified atom stereocenters. The van der Waals surface area contributed by atoms with Gasteiger partial charge in [0, 0.05) is 36.9 Å². The minimum Gasteiger partial charge on any atom is -0.332 e. The van der Waals surface area contributed by atoms with E-state index in [1.165, 1.54) is 0 Å². The Morgan fingerprint density at radius 3 is 2.88 bits per heavy atom. The third kappa shape index (κ3) is 2.69. The zero-order valence-corrected chi connectivity index (χ0v) is 13.2. The van der Waals surface area contributed by atoms with Gasteiger partial charge in [-0.3, -0.25) is 9.78 Å². The number of likely N-dealkylation sites (tertiary alicyclic amines) is 1. The summed E-state index contributed by atoms with van der Waals surface area (Å²) in [7, 11) is 0. The first-order valence-electron chi connectivity index (χ1n) is 8.14. The Bertz CT molecular complexity index is 830. The van der Waals surface area contributed by atoms with E-state index < -0.39 is 0 Å². The highest BCUT2D eigenvalue weighted by Gasteiger charge is 2.30. The summed E-state index contributed by atoms with van der Waals surface area (Å²) in [6.07, 6.45) is 9.22. The Morgan fingerprint density at radius 2 is 2.08 bits per heavy atom. The van der Waals surface area contributed by atoms with Crippen molar-refractivity contribution >= 4 is 5.91 Å². The third-order valence-electron chi connectivity index (χ3n) is 4.44. The zero-order chi connectivity index (χ0) is 16.4. The third-order valence-corrected chi connectivity index (χ3v) is 4.44. The molecule has 0 saturated carbocycles. The molecule has 0 bridgehead atoms. The van der Waals surface area contributed by atoms with E-state index >= 15 is 0 Å². The van der Waals surface area contributed by atoms with Gasteiger partial charge >= 0.3 is 0 Å². The first kappa shape index (κ1) is 14.6. The maximum atomic E-state index is 13.0. The maximum absolute atomic E-state index is 13.0. The highest BCUT2D eigenvalue weighted by Crippen LogP contribution is 2.32. The summed E-state index contributed by atoms with van der Waals surface area (Å²) in [6.45, 7) is 0.782. The molecule has 1 atom stereocenters. The largest absolute Gasteiger partial charge is 0.332 e. The minimum absolute atomic E-state index is 0.0651. The quantitative estimate of drug-likeness (QED) is 0.745. The highest BCUT2D eigenvalue weighted by molar-refractivity contribution is 5.95. The molecule has 24 heavy (non-hydrogen) atoms. The second-order valence-corrected chi connectivity index (χ2v) is 5.94. The molecule has 4 rings (SSSR count). The van der Waals surface area contributed by atoms with E-state index in [2.05, 4.69) is 10.1 Å². The summed E-state index contributed by atoms with van der Waals surface area (Å²) < 4.78 is 1.76. The molecule has 3 heterocycles. The van der Waals surface area contributed by atoms with Gasteiger partial charge in [0.15, 0.2) is 0 Å². The van der Waals surface area contributed by atoms with Gasteiger partial charge in [-0.15, -0.1) is 0 Å². The molecule has 1 aliphatic rings. The Labute approximate surface area is 140 Å². The van der Waals surface area contributed by atoms with Gasteiger partial charge in [-0.25, -0.2) is 4.68 Å². The van der Waals surface area contributed by atoms with Gasteiger partial charge in [-0.05, 0) is 48.7 Å². The summed E-state index contributed by atoms with van der Waals surface area (Å²) in [6, 6.07) is 13.6. The molecule has 1 fully saturated rings. The van der Waals surface area contributed by atoms with Gasteiger partial charge in [0.25, 0.3) is 5.91 Å². The molecule has 5 nitrogen and oxygen atoms in total. The van der Waals surface area contributed by atoms with Crippen molar-refractivity contribution in [1.82, 2.24) is 19.7 Å². The second kappa shape index (κ2) is 6.28. The van der Waals surface area contributed by atoms with E-state index in [0.29, 0.717) is 5.56 Å². The number of pyridine rings is 1. The van der Waals surface area contributed by atoms with Crippen LogP contribution in [0.3, 0.4) is 0 Å². The number of hydrogen-bond acceptors (Lipinski definition) is 3. The van der Waals surface area contributed by atoms with E-state index in [0.717, 1.165) is 30.6 Å². The Morgan fingerprint density at radius 1 is 1.12 bits per heavy atom. The number of benzene rings is 1. The lowest BCUT2D eigenvalue weighted by molar-refractivity contribution is 0.0735. The van der Waals surface area contributed by atoms with Gasteiger partial charge in [0.1, 0.15) is 0 Å². The number of carbonyl (C=O) groups is 1. The summed E-state index contributed by atoms with van der Waals surface area (Å²) >= 11 is 0. The van der Waals surface area contributed by atoms with Crippen LogP contribution < -0.4 is 0 Å². The zero-order valence-electron chi connectivity index (χ0n) is 13.2. The molecule has 0 aliphatic carbocycles. The summed E-state index contributed by atoms with van der Waals surface area (Å²) in [5.74, 6) is 0.0651. The average molecular weight is 318 g/mol. The molecule has 5 heteroatoms. The molecule has 1 amide bonds. The topological polar surface area (TPSA) is 51.0 Å². The van der Waals surface area contributed by atoms with Gasteiger partial charge in [-0.1, -0.05) is 12.1 Å². The lowest BCUT2D eigenvalue weighted by Gasteiger charge is -2.25. The number of nitrogens with zero attached hydrogens (tertiary/aromatic N) is 4. The number of carbonyl (C=O) groups excluding carboxylic acids is 1. The molecule has 0 N–H and O–H groups in total. The monoisotopic (exact) mass is 318 g/mol. The standard InChI is InChI=1S/C19H18N4O/c24-19(15-5-1-7-17(13-15)23-12-4-10-21-23)22-11-3-8-18(22)16-6-2-9-20-14-16/h1-2,4-7,9-10,12-14,18H,3,8,11H2/t18-/m1/s1. The Kier molecular flexibility index (Phi) is 3.83. The predicted molar refractivity (Wildman–Crippen MR) is 90.8 cm³/mol. The number of hydrogen-bond donors (Lipinski definition) is 0. The van der Waals surface area contributed by atoms with Gasteiger partial charge in [0.2, 0.25) is 0 Å². The predicted octanol–water partition coefficient (Wildman–Crippen LogP) is 3.24. The summed E-state index contributed by atoms with van der Waals surface area (Å²) in [5.41, 5.74) is 2.69. The van der Waals surface area contributed by atoms with Crippen molar-refractivity contribution in [2.24, 2.45) is 0 Å². The van der Waals surface area contributed by atoms with E-state index in [1.54, 1.807) is 17.1 Å². The second-order valence-electron chi connectivity index (χ2n) is 5.94. The van der Waals surface area contributed by atoms with Gasteiger partial charge in [0.05, 0.1) is 11.7 Å². The molecule has 120 valence electrons. The molecular weight excluding hydrogens is 300 g/mol. The maximum Gasteiger partial charge on any atom is 0.254 e. The molecule has 0 spiro atoms. The minimum atomic E-state index is 0.0651. The lowest BCUT2D eigenvalue weighted by Crippen LogP contribution is -2.30. The number of rotatable bonds is 3. The lowest BCUT2D eigenvalue weighted by atomic mass is 10.1. The first-order valence-corrected chi connectivity index (χ1v) is 8.14. The SMILES string of the molecule is O=C(c1cccc(-n2cccn2)c1)N1CCC[C@@H]1c1cccnc1. The van der Waals surface area contributed by atoms with Crippen LogP contribution in [0.15, 0.2) is 67.3 Å². The van der Waals surface area contributed by atoms with Crippen molar-refractivity contribution in [1.29, 1.82) is 0 Å². The molecule has 1 aromatic carbocycles. The molecule has 0 radical (unpaired) electrons. The molecule has 1 aliphatic heterocycles. The van der Waals surface area contributed by atoms with Crippen molar-refractivity contribution in [2.75, 3.05) is 6.54 Å². The van der Waals surface area contributed by atoms with E-state index in [4.69, 9.17) is 0 Å². The fourth-order valence-corrected chi connectivity index (χ4v) is 3.30. The molecule has 1 saturated heterocycles. The highest BCUT2D eigenvalue weighted by atomic mass is 16.2. The van der Waals surface area contributed by atoms with Gasteiger partial charge in [-0.2, -0.15) is 5.10 Å². The van der Waals surface area contributed by atoms with Crippen molar-refractivity contribution in [3.63, 3.8) is 0 Å². The van der Waals surface area contributed by atoms with E-state index in [-0.39, 0.29) is 11.9 Å². The average Bonchev–Trinajstić information content (AvgIpc) is 3.34. The van der Waals surface area contributed by atoms with Crippen LogP contribution in [0, 0.1) is 0 Å². The summed E-state index contributed by atoms with van der Waals surface area (Å²) in [5, 5.41) is 4.23. The van der Waals surface area contributed by atoms with Crippen LogP contribution in [-0.2, 0) is 0 Å². The van der Waals surface area contributed by atoms with Crippen molar-refractivity contribution in [3.05, 3.63) is 78.4 Å². The Balaban J connectivity index is 1.62. The van der Waals surface area contributed by atoms with E-state index in [9.17, 15) is 4.79 Å². The normalized spacial score (nSPS) is 17.2. The fraction of sp³-hybridized carbons (Fsp3) is 0.211. The van der Waals surface area contributed by atoms with Crippen molar-refractivity contribution in [3.8, 4) is 5.69 Å². The van der Waals surface area contributed by atoms with Gasteiger partial charge < -0.3 is 4.90 Å². The van der Waals surface area contributed by atoms with Crippen LogP contribution in [0.2, 0.25) is 0 Å². The number of amides is 1. The molecule has 2 aromatic heterocycles.